The standard InChI is InChI=1S/C25H28N2O3S2/c1-18-13-19(2)25(20(3)14-18)32(29,30)27(16-21-9-6-5-7-10-21)17-24(28)26-22-11-8-12-23(15-22)31-4/h5-15H,16-17H2,1-4H3,(H,26,28). The van der Waals surface area contributed by atoms with Crippen molar-refractivity contribution < 1.29 is 13.2 Å². The Balaban J connectivity index is 1.94. The molecule has 0 fully saturated rings. The molecule has 0 aromatic heterocycles. The molecule has 0 bridgehead atoms. The van der Waals surface area contributed by atoms with Gasteiger partial charge >= 0.3 is 0 Å². The minimum absolute atomic E-state index is 0.105. The third-order valence-electron chi connectivity index (χ3n) is 5.08. The molecule has 168 valence electrons. The van der Waals surface area contributed by atoms with Crippen LogP contribution in [0.3, 0.4) is 0 Å². The maximum atomic E-state index is 13.7. The van der Waals surface area contributed by atoms with Gasteiger partial charge < -0.3 is 5.32 Å². The molecule has 32 heavy (non-hydrogen) atoms. The molecule has 3 aromatic rings. The summed E-state index contributed by atoms with van der Waals surface area (Å²) < 4.78 is 28.7. The zero-order valence-corrected chi connectivity index (χ0v) is 20.4. The Morgan fingerprint density at radius 3 is 2.22 bits per heavy atom. The Labute approximate surface area is 194 Å². The van der Waals surface area contributed by atoms with Crippen molar-refractivity contribution in [3.63, 3.8) is 0 Å². The van der Waals surface area contributed by atoms with Crippen molar-refractivity contribution in [3.05, 3.63) is 89.0 Å². The summed E-state index contributed by atoms with van der Waals surface area (Å²) in [6.07, 6.45) is 1.96. The first-order valence-corrected chi connectivity index (χ1v) is 12.9. The van der Waals surface area contributed by atoms with E-state index in [4.69, 9.17) is 0 Å². The number of thioether (sulfide) groups is 1. The second-order valence-electron chi connectivity index (χ2n) is 7.77. The van der Waals surface area contributed by atoms with E-state index >= 15 is 0 Å². The summed E-state index contributed by atoms with van der Waals surface area (Å²) in [6, 6.07) is 20.5. The van der Waals surface area contributed by atoms with E-state index in [1.807, 2.05) is 73.8 Å². The molecule has 0 aliphatic carbocycles. The van der Waals surface area contributed by atoms with E-state index in [2.05, 4.69) is 5.32 Å². The van der Waals surface area contributed by atoms with E-state index in [-0.39, 0.29) is 23.9 Å². The molecule has 0 heterocycles. The van der Waals surface area contributed by atoms with E-state index in [9.17, 15) is 13.2 Å². The molecule has 0 atom stereocenters. The Morgan fingerprint density at radius 1 is 0.938 bits per heavy atom. The van der Waals surface area contributed by atoms with Gasteiger partial charge in [-0.2, -0.15) is 4.31 Å². The van der Waals surface area contributed by atoms with Crippen molar-refractivity contribution in [2.24, 2.45) is 0 Å². The third kappa shape index (κ3) is 5.79. The number of nitrogens with zero attached hydrogens (tertiary/aromatic N) is 1. The smallest absolute Gasteiger partial charge is 0.244 e. The van der Waals surface area contributed by atoms with Gasteiger partial charge in [0.1, 0.15) is 0 Å². The molecule has 0 saturated carbocycles. The number of amides is 1. The number of sulfonamides is 1. The lowest BCUT2D eigenvalue weighted by Gasteiger charge is -2.24. The molecule has 0 aliphatic rings. The maximum absolute atomic E-state index is 13.7. The van der Waals surface area contributed by atoms with Crippen LogP contribution >= 0.6 is 11.8 Å². The summed E-state index contributed by atoms with van der Waals surface area (Å²) in [4.78, 5) is 14.2. The summed E-state index contributed by atoms with van der Waals surface area (Å²) in [5, 5.41) is 2.84. The largest absolute Gasteiger partial charge is 0.325 e. The van der Waals surface area contributed by atoms with Crippen LogP contribution in [-0.2, 0) is 21.4 Å². The first kappa shape index (κ1) is 24.0. The predicted octanol–water partition coefficient (Wildman–Crippen LogP) is 5.16. The van der Waals surface area contributed by atoms with E-state index in [1.54, 1.807) is 31.7 Å². The molecule has 0 unspecified atom stereocenters. The van der Waals surface area contributed by atoms with Gasteiger partial charge in [0.15, 0.2) is 0 Å². The molecular formula is C25H28N2O3S2. The average Bonchev–Trinajstić information content (AvgIpc) is 2.73. The minimum atomic E-state index is -3.91. The number of hydrogen-bond donors (Lipinski definition) is 1. The lowest BCUT2D eigenvalue weighted by molar-refractivity contribution is -0.116. The first-order valence-electron chi connectivity index (χ1n) is 10.3. The SMILES string of the molecule is CSc1cccc(NC(=O)CN(Cc2ccccc2)S(=O)(=O)c2c(C)cc(C)cc2C)c1. The lowest BCUT2D eigenvalue weighted by atomic mass is 10.1. The number of anilines is 1. The fraction of sp³-hybridized carbons (Fsp3) is 0.240. The van der Waals surface area contributed by atoms with Crippen LogP contribution in [0.2, 0.25) is 0 Å². The summed E-state index contributed by atoms with van der Waals surface area (Å²) in [5.74, 6) is -0.384. The predicted molar refractivity (Wildman–Crippen MR) is 132 cm³/mol. The zero-order chi connectivity index (χ0) is 23.3. The highest BCUT2D eigenvalue weighted by molar-refractivity contribution is 7.98. The number of nitrogens with one attached hydrogen (secondary N) is 1. The van der Waals surface area contributed by atoms with Crippen LogP contribution in [0.25, 0.3) is 0 Å². The molecule has 3 rings (SSSR count). The topological polar surface area (TPSA) is 66.5 Å². The third-order valence-corrected chi connectivity index (χ3v) is 7.90. The van der Waals surface area contributed by atoms with Crippen LogP contribution in [0.5, 0.6) is 0 Å². The van der Waals surface area contributed by atoms with Gasteiger partial charge in [-0.1, -0.05) is 54.1 Å². The van der Waals surface area contributed by atoms with Gasteiger partial charge in [0.05, 0.1) is 11.4 Å². The fourth-order valence-electron chi connectivity index (χ4n) is 3.78. The summed E-state index contributed by atoms with van der Waals surface area (Å²) in [6.45, 7) is 5.35. The Morgan fingerprint density at radius 2 is 1.59 bits per heavy atom. The normalized spacial score (nSPS) is 11.5. The average molecular weight is 469 g/mol. The number of carbonyl (C=O) groups is 1. The Bertz CT molecular complexity index is 1190. The molecule has 0 aliphatic heterocycles. The van der Waals surface area contributed by atoms with Gasteiger partial charge in [-0.05, 0) is 61.9 Å². The van der Waals surface area contributed by atoms with Crippen molar-refractivity contribution in [1.29, 1.82) is 0 Å². The Hall–Kier alpha value is -2.61. The van der Waals surface area contributed by atoms with Crippen LogP contribution in [0.4, 0.5) is 5.69 Å². The van der Waals surface area contributed by atoms with Crippen LogP contribution in [0.1, 0.15) is 22.3 Å². The molecule has 5 nitrogen and oxygen atoms in total. The minimum Gasteiger partial charge on any atom is -0.325 e. The van der Waals surface area contributed by atoms with Crippen molar-refractivity contribution in [1.82, 2.24) is 4.31 Å². The molecule has 3 aromatic carbocycles. The number of benzene rings is 3. The molecule has 7 heteroatoms. The molecule has 0 radical (unpaired) electrons. The van der Waals surface area contributed by atoms with Crippen LogP contribution in [0, 0.1) is 20.8 Å². The number of hydrogen-bond acceptors (Lipinski definition) is 4. The van der Waals surface area contributed by atoms with E-state index in [0.29, 0.717) is 16.8 Å². The number of carbonyl (C=O) groups excluding carboxylic acids is 1. The van der Waals surface area contributed by atoms with Gasteiger partial charge in [-0.3, -0.25) is 4.79 Å². The summed E-state index contributed by atoms with van der Waals surface area (Å²) in [7, 11) is -3.91. The van der Waals surface area contributed by atoms with Crippen molar-refractivity contribution in [3.8, 4) is 0 Å². The highest BCUT2D eigenvalue weighted by Gasteiger charge is 2.30. The number of rotatable bonds is 8. The molecular weight excluding hydrogens is 440 g/mol. The quantitative estimate of drug-likeness (QED) is 0.464. The highest BCUT2D eigenvalue weighted by Crippen LogP contribution is 2.27. The molecule has 1 amide bonds. The molecule has 0 spiro atoms. The van der Waals surface area contributed by atoms with Gasteiger partial charge in [0.2, 0.25) is 15.9 Å². The summed E-state index contributed by atoms with van der Waals surface area (Å²) in [5.41, 5.74) is 3.81. The van der Waals surface area contributed by atoms with Crippen LogP contribution < -0.4 is 5.32 Å². The zero-order valence-electron chi connectivity index (χ0n) is 18.8. The van der Waals surface area contributed by atoms with Gasteiger partial charge in [-0.15, -0.1) is 11.8 Å². The van der Waals surface area contributed by atoms with Gasteiger partial charge in [-0.25, -0.2) is 8.42 Å². The maximum Gasteiger partial charge on any atom is 0.244 e. The Kier molecular flexibility index (Phi) is 7.77. The van der Waals surface area contributed by atoms with Crippen molar-refractivity contribution in [2.45, 2.75) is 37.1 Å². The van der Waals surface area contributed by atoms with Gasteiger partial charge in [0, 0.05) is 17.1 Å². The monoisotopic (exact) mass is 468 g/mol. The van der Waals surface area contributed by atoms with E-state index in [0.717, 1.165) is 16.0 Å². The second-order valence-corrected chi connectivity index (χ2v) is 10.5. The second kappa shape index (κ2) is 10.3. The number of aryl methyl sites for hydroxylation is 3. The van der Waals surface area contributed by atoms with Crippen LogP contribution in [-0.4, -0.2) is 31.4 Å². The molecule has 0 saturated heterocycles. The summed E-state index contributed by atoms with van der Waals surface area (Å²) >= 11 is 1.57. The fourth-order valence-corrected chi connectivity index (χ4v) is 6.03. The van der Waals surface area contributed by atoms with Crippen molar-refractivity contribution in [2.75, 3.05) is 18.1 Å². The van der Waals surface area contributed by atoms with Gasteiger partial charge in [0.25, 0.3) is 0 Å². The first-order chi connectivity index (χ1) is 15.2. The van der Waals surface area contributed by atoms with Crippen molar-refractivity contribution >= 4 is 33.4 Å². The van der Waals surface area contributed by atoms with Crippen LogP contribution in [0.15, 0.2) is 76.5 Å². The molecule has 1 N–H and O–H groups in total. The van der Waals surface area contributed by atoms with E-state index < -0.39 is 10.0 Å². The lowest BCUT2D eigenvalue weighted by Crippen LogP contribution is -2.38. The van der Waals surface area contributed by atoms with E-state index in [1.165, 1.54) is 4.31 Å². The highest BCUT2D eigenvalue weighted by atomic mass is 32.2.